The number of aliphatic hydroxyl groups is 4. The molecule has 0 spiro atoms. The lowest BCUT2D eigenvalue weighted by molar-refractivity contribution is -0.205. The second-order valence-electron chi connectivity index (χ2n) is 5.76. The summed E-state index contributed by atoms with van der Waals surface area (Å²) in [5.41, 5.74) is -0.361. The molecular formula is C15H20NO9S2-. The van der Waals surface area contributed by atoms with Gasteiger partial charge in [0.1, 0.15) is 24.4 Å². The van der Waals surface area contributed by atoms with E-state index in [4.69, 9.17) is 9.84 Å². The molecule has 0 bridgehead atoms. The fourth-order valence-corrected chi connectivity index (χ4v) is 3.61. The van der Waals surface area contributed by atoms with Crippen LogP contribution in [0.4, 0.5) is 0 Å². The first-order valence-corrected chi connectivity index (χ1v) is 10.1. The Balaban J connectivity index is 2.08. The smallest absolute Gasteiger partial charge is 0.263 e. The van der Waals surface area contributed by atoms with E-state index in [9.17, 15) is 28.3 Å². The van der Waals surface area contributed by atoms with E-state index in [1.54, 1.807) is 24.3 Å². The Morgan fingerprint density at radius 3 is 2.44 bits per heavy atom. The van der Waals surface area contributed by atoms with Crippen molar-refractivity contribution in [2.75, 3.05) is 6.61 Å². The highest BCUT2D eigenvalue weighted by Crippen LogP contribution is 2.29. The summed E-state index contributed by atoms with van der Waals surface area (Å²) in [5.74, 6) is -0.407. The molecule has 27 heavy (non-hydrogen) atoms. The molecule has 152 valence electrons. The van der Waals surface area contributed by atoms with E-state index >= 15 is 0 Å². The second kappa shape index (κ2) is 9.80. The number of aliphatic hydroxyl groups excluding tert-OH is 4. The molecule has 12 heteroatoms. The fourth-order valence-electron chi connectivity index (χ4n) is 2.38. The first-order valence-electron chi connectivity index (χ1n) is 7.93. The van der Waals surface area contributed by atoms with E-state index < -0.39 is 52.8 Å². The number of hydrogen-bond donors (Lipinski definition) is 4. The first kappa shape index (κ1) is 22.0. The van der Waals surface area contributed by atoms with Crippen LogP contribution in [0.3, 0.4) is 0 Å². The number of hydrogen-bond acceptors (Lipinski definition) is 11. The Morgan fingerprint density at radius 1 is 1.19 bits per heavy atom. The zero-order valence-corrected chi connectivity index (χ0v) is 15.6. The molecule has 0 aliphatic carbocycles. The standard InChI is InChI=1S/C15H21NO9S2/c17-8-10-12(18)13(19)14(20)15(24-10)26-16-11(25-27(21,22)23)7-6-9-4-2-1-3-5-9/h1-5,10,12-15,17-20H,6-8H2,(H,21,22,23)/p-1/t10-,12-,13+,14-,15+/m1/s1. The van der Waals surface area contributed by atoms with Crippen molar-refractivity contribution in [3.8, 4) is 0 Å². The molecule has 1 aliphatic heterocycles. The topological polar surface area (TPSA) is 169 Å². The lowest BCUT2D eigenvalue weighted by atomic mass is 10.0. The van der Waals surface area contributed by atoms with E-state index in [1.807, 2.05) is 6.07 Å². The van der Waals surface area contributed by atoms with Gasteiger partial charge in [-0.1, -0.05) is 30.3 Å². The van der Waals surface area contributed by atoms with Crippen molar-refractivity contribution in [3.63, 3.8) is 0 Å². The third-order valence-corrected chi connectivity index (χ3v) is 5.08. The Hall–Kier alpha value is -1.25. The molecule has 1 fully saturated rings. The number of benzene rings is 1. The van der Waals surface area contributed by atoms with Crippen LogP contribution in [0.15, 0.2) is 34.7 Å². The lowest BCUT2D eigenvalue weighted by Crippen LogP contribution is -2.57. The van der Waals surface area contributed by atoms with Gasteiger partial charge in [-0.05, 0) is 12.0 Å². The molecule has 0 unspecified atom stereocenters. The SMILES string of the molecule is O=S(=O)([O-])OC(CCc1ccccc1)=NS[C@@H]1O[C@H](CO)[C@@H](O)[C@H](O)[C@H]1O. The summed E-state index contributed by atoms with van der Waals surface area (Å²) in [6.45, 7) is -0.613. The van der Waals surface area contributed by atoms with E-state index in [1.165, 1.54) is 0 Å². The van der Waals surface area contributed by atoms with Gasteiger partial charge in [-0.15, -0.1) is 0 Å². The van der Waals surface area contributed by atoms with Gasteiger partial charge in [-0.2, -0.15) is 4.40 Å². The van der Waals surface area contributed by atoms with Crippen molar-refractivity contribution in [1.29, 1.82) is 0 Å². The molecule has 1 aliphatic rings. The molecule has 1 aromatic rings. The molecule has 10 nitrogen and oxygen atoms in total. The second-order valence-corrected chi connectivity index (χ2v) is 7.61. The van der Waals surface area contributed by atoms with Crippen molar-refractivity contribution < 1.29 is 42.3 Å². The molecule has 2 rings (SSSR count). The summed E-state index contributed by atoms with van der Waals surface area (Å²) >= 11 is 0.519. The quantitative estimate of drug-likeness (QED) is 0.140. The van der Waals surface area contributed by atoms with Crippen molar-refractivity contribution in [2.24, 2.45) is 4.40 Å². The van der Waals surface area contributed by atoms with E-state index in [0.29, 0.717) is 18.4 Å². The van der Waals surface area contributed by atoms with Crippen LogP contribution in [-0.2, 0) is 25.7 Å². The van der Waals surface area contributed by atoms with Gasteiger partial charge in [-0.25, -0.2) is 8.42 Å². The fraction of sp³-hybridized carbons (Fsp3) is 0.533. The maximum absolute atomic E-state index is 10.9. The third-order valence-electron chi connectivity index (χ3n) is 3.78. The van der Waals surface area contributed by atoms with Gasteiger partial charge in [-0.3, -0.25) is 0 Å². The summed E-state index contributed by atoms with van der Waals surface area (Å²) in [6, 6.07) is 8.99. The van der Waals surface area contributed by atoms with E-state index in [2.05, 4.69) is 8.58 Å². The molecular weight excluding hydrogens is 402 g/mol. The summed E-state index contributed by atoms with van der Waals surface area (Å²) in [6.07, 6.45) is -5.49. The van der Waals surface area contributed by atoms with Crippen LogP contribution in [-0.4, -0.2) is 75.8 Å². The minimum Gasteiger partial charge on any atom is -0.716 e. The van der Waals surface area contributed by atoms with E-state index in [-0.39, 0.29) is 6.42 Å². The third kappa shape index (κ3) is 6.69. The summed E-state index contributed by atoms with van der Waals surface area (Å²) in [7, 11) is -5.06. The van der Waals surface area contributed by atoms with Crippen molar-refractivity contribution in [1.82, 2.24) is 0 Å². The predicted octanol–water partition coefficient (Wildman–Crippen LogP) is -1.06. The van der Waals surface area contributed by atoms with Crippen molar-refractivity contribution >= 4 is 28.2 Å². The molecule has 0 amide bonds. The number of ether oxygens (including phenoxy) is 1. The molecule has 0 radical (unpaired) electrons. The van der Waals surface area contributed by atoms with Gasteiger partial charge >= 0.3 is 0 Å². The normalized spacial score (nSPS) is 29.5. The maximum Gasteiger partial charge on any atom is 0.263 e. The van der Waals surface area contributed by atoms with Gasteiger partial charge < -0.3 is 33.9 Å². The minimum atomic E-state index is -5.06. The predicted molar refractivity (Wildman–Crippen MR) is 94.3 cm³/mol. The van der Waals surface area contributed by atoms with Crippen LogP contribution >= 0.6 is 11.9 Å². The van der Waals surface area contributed by atoms with Gasteiger partial charge in [0.25, 0.3) is 10.4 Å². The molecule has 4 N–H and O–H groups in total. The average molecular weight is 422 g/mol. The largest absolute Gasteiger partial charge is 0.716 e. The number of nitrogens with zero attached hydrogens (tertiary/aromatic N) is 1. The highest BCUT2D eigenvalue weighted by Gasteiger charge is 2.43. The molecule has 1 saturated heterocycles. The molecule has 1 aromatic carbocycles. The highest BCUT2D eigenvalue weighted by atomic mass is 32.3. The molecule has 5 atom stereocenters. The zero-order chi connectivity index (χ0) is 20.0. The van der Waals surface area contributed by atoms with Crippen LogP contribution in [0.2, 0.25) is 0 Å². The van der Waals surface area contributed by atoms with Gasteiger partial charge in [0, 0.05) is 18.4 Å². The van der Waals surface area contributed by atoms with Gasteiger partial charge in [0.05, 0.1) is 6.61 Å². The Morgan fingerprint density at radius 2 is 1.85 bits per heavy atom. The van der Waals surface area contributed by atoms with Crippen LogP contribution < -0.4 is 0 Å². The van der Waals surface area contributed by atoms with Crippen LogP contribution in [0.1, 0.15) is 12.0 Å². The van der Waals surface area contributed by atoms with Crippen LogP contribution in [0.5, 0.6) is 0 Å². The Labute approximate surface area is 160 Å². The van der Waals surface area contributed by atoms with E-state index in [0.717, 1.165) is 5.56 Å². The maximum atomic E-state index is 10.9. The Kier molecular flexibility index (Phi) is 8.00. The van der Waals surface area contributed by atoms with Crippen LogP contribution in [0.25, 0.3) is 0 Å². The summed E-state index contributed by atoms with van der Waals surface area (Å²) in [4.78, 5) is 0. The van der Waals surface area contributed by atoms with Crippen LogP contribution in [0, 0.1) is 0 Å². The van der Waals surface area contributed by atoms with Crippen molar-refractivity contribution in [2.45, 2.75) is 42.7 Å². The Bertz CT molecular complexity index is 726. The summed E-state index contributed by atoms with van der Waals surface area (Å²) in [5, 5.41) is 38.6. The minimum absolute atomic E-state index is 0.0180. The summed E-state index contributed by atoms with van der Waals surface area (Å²) < 4.78 is 46.1. The number of aryl methyl sites for hydroxylation is 1. The molecule has 1 heterocycles. The molecule has 0 aromatic heterocycles. The molecule has 0 saturated carbocycles. The highest BCUT2D eigenvalue weighted by molar-refractivity contribution is 7.98. The van der Waals surface area contributed by atoms with Gasteiger partial charge in [0.15, 0.2) is 5.44 Å². The number of rotatable bonds is 7. The van der Waals surface area contributed by atoms with Crippen molar-refractivity contribution in [3.05, 3.63) is 35.9 Å². The monoisotopic (exact) mass is 422 g/mol. The lowest BCUT2D eigenvalue weighted by Gasteiger charge is -2.38. The first-order chi connectivity index (χ1) is 12.7. The van der Waals surface area contributed by atoms with Gasteiger partial charge in [0.2, 0.25) is 5.90 Å². The average Bonchev–Trinajstić information content (AvgIpc) is 2.63. The zero-order valence-electron chi connectivity index (χ0n) is 14.0.